The van der Waals surface area contributed by atoms with Crippen LogP contribution in [0.3, 0.4) is 0 Å². The Kier molecular flexibility index (Phi) is 4.54. The Morgan fingerprint density at radius 1 is 1.21 bits per heavy atom. The van der Waals surface area contributed by atoms with Crippen LogP contribution in [0.2, 0.25) is 0 Å². The summed E-state index contributed by atoms with van der Waals surface area (Å²) in [6.45, 7) is -0.219. The summed E-state index contributed by atoms with van der Waals surface area (Å²) in [4.78, 5) is 12.3. The van der Waals surface area contributed by atoms with Crippen molar-refractivity contribution in [1.82, 2.24) is 9.97 Å². The molecular weight excluding hydrogens is 304 g/mol. The molecule has 0 atom stereocenters. The number of hydrogen-bond acceptors (Lipinski definition) is 5. The average Bonchev–Trinajstić information content (AvgIpc) is 3.04. The Labute approximate surface area is 138 Å². The molecule has 0 unspecified atom stereocenters. The van der Waals surface area contributed by atoms with Gasteiger partial charge in [0.25, 0.3) is 0 Å². The van der Waals surface area contributed by atoms with E-state index >= 15 is 0 Å². The lowest BCUT2D eigenvalue weighted by Crippen LogP contribution is -1.99. The van der Waals surface area contributed by atoms with Crippen LogP contribution in [-0.2, 0) is 4.84 Å². The number of oxime groups is 1. The first kappa shape index (κ1) is 15.3. The number of hydrogen-bond donors (Lipinski definition) is 2. The predicted molar refractivity (Wildman–Crippen MR) is 91.2 cm³/mol. The predicted octanol–water partition coefficient (Wildman–Crippen LogP) is 3.41. The fourth-order valence-electron chi connectivity index (χ4n) is 2.13. The first-order valence-electron chi connectivity index (χ1n) is 7.25. The number of aliphatic hydroxyl groups is 1. The first-order valence-corrected chi connectivity index (χ1v) is 7.25. The van der Waals surface area contributed by atoms with Crippen LogP contribution in [0.25, 0.3) is 16.6 Å². The van der Waals surface area contributed by atoms with Crippen LogP contribution >= 0.6 is 0 Å². The maximum Gasteiger partial charge on any atom is 0.175 e. The SMILES string of the molecule is N#CC(=C(O)CON=Cc1ccccc1)c1nc2ccccc2[nH]1. The normalized spacial score (nSPS) is 12.1. The van der Waals surface area contributed by atoms with Crippen LogP contribution in [0, 0.1) is 11.3 Å². The summed E-state index contributed by atoms with van der Waals surface area (Å²) in [6.07, 6.45) is 1.53. The number of nitrogens with zero attached hydrogens (tertiary/aromatic N) is 3. The lowest BCUT2D eigenvalue weighted by molar-refractivity contribution is 0.139. The number of fused-ring (bicyclic) bond motifs is 1. The molecule has 0 saturated heterocycles. The van der Waals surface area contributed by atoms with Crippen molar-refractivity contribution >= 4 is 22.8 Å². The van der Waals surface area contributed by atoms with Gasteiger partial charge in [0, 0.05) is 0 Å². The van der Waals surface area contributed by atoms with Crippen molar-refractivity contribution in [2.24, 2.45) is 5.16 Å². The van der Waals surface area contributed by atoms with E-state index in [0.29, 0.717) is 5.82 Å². The number of rotatable bonds is 5. The van der Waals surface area contributed by atoms with E-state index in [1.165, 1.54) is 6.21 Å². The van der Waals surface area contributed by atoms with Gasteiger partial charge in [0.15, 0.2) is 18.2 Å². The van der Waals surface area contributed by atoms with Crippen molar-refractivity contribution in [3.8, 4) is 6.07 Å². The number of aromatic nitrogens is 2. The summed E-state index contributed by atoms with van der Waals surface area (Å²) < 4.78 is 0. The molecule has 0 saturated carbocycles. The summed E-state index contributed by atoms with van der Waals surface area (Å²) in [6, 6.07) is 18.7. The van der Waals surface area contributed by atoms with Crippen LogP contribution in [0.1, 0.15) is 11.4 Å². The van der Waals surface area contributed by atoms with E-state index in [1.807, 2.05) is 60.7 Å². The van der Waals surface area contributed by atoms with Gasteiger partial charge in [-0.2, -0.15) is 5.26 Å². The van der Waals surface area contributed by atoms with Gasteiger partial charge in [-0.3, -0.25) is 0 Å². The molecule has 6 nitrogen and oxygen atoms in total. The maximum absolute atomic E-state index is 10.1. The summed E-state index contributed by atoms with van der Waals surface area (Å²) in [7, 11) is 0. The van der Waals surface area contributed by atoms with Gasteiger partial charge in [-0.1, -0.05) is 47.6 Å². The number of aromatic amines is 1. The van der Waals surface area contributed by atoms with Crippen molar-refractivity contribution in [3.05, 3.63) is 71.7 Å². The van der Waals surface area contributed by atoms with E-state index in [9.17, 15) is 10.4 Å². The zero-order valence-electron chi connectivity index (χ0n) is 12.7. The standard InChI is InChI=1S/C18H14N4O2/c19-10-14(18-21-15-8-4-5-9-16(15)22-18)17(23)12-24-20-11-13-6-2-1-3-7-13/h1-9,11,23H,12H2,(H,21,22). The van der Waals surface area contributed by atoms with E-state index < -0.39 is 0 Å². The quantitative estimate of drug-likeness (QED) is 0.326. The molecule has 0 spiro atoms. The van der Waals surface area contributed by atoms with Crippen LogP contribution in [0.5, 0.6) is 0 Å². The molecule has 0 aliphatic heterocycles. The highest BCUT2D eigenvalue weighted by molar-refractivity contribution is 5.82. The molecule has 2 N–H and O–H groups in total. The molecule has 1 heterocycles. The molecule has 1 aromatic heterocycles. The summed E-state index contributed by atoms with van der Waals surface area (Å²) >= 11 is 0. The molecule has 6 heteroatoms. The third kappa shape index (κ3) is 3.42. The first-order chi connectivity index (χ1) is 11.8. The highest BCUT2D eigenvalue weighted by atomic mass is 16.6. The van der Waals surface area contributed by atoms with Crippen molar-refractivity contribution in [2.45, 2.75) is 0 Å². The smallest absolute Gasteiger partial charge is 0.175 e. The minimum absolute atomic E-state index is 0.0288. The van der Waals surface area contributed by atoms with E-state index in [-0.39, 0.29) is 17.9 Å². The number of nitrogens with one attached hydrogen (secondary N) is 1. The van der Waals surface area contributed by atoms with Gasteiger partial charge in [0.05, 0.1) is 17.2 Å². The zero-order valence-corrected chi connectivity index (χ0v) is 12.7. The van der Waals surface area contributed by atoms with E-state index in [1.54, 1.807) is 0 Å². The van der Waals surface area contributed by atoms with Crippen molar-refractivity contribution in [2.75, 3.05) is 6.61 Å². The Morgan fingerprint density at radius 3 is 2.71 bits per heavy atom. The third-order valence-corrected chi connectivity index (χ3v) is 3.30. The molecule has 0 fully saturated rings. The Hall–Kier alpha value is -3.59. The lowest BCUT2D eigenvalue weighted by atomic mass is 10.2. The van der Waals surface area contributed by atoms with E-state index in [0.717, 1.165) is 16.6 Å². The molecule has 118 valence electrons. The fraction of sp³-hybridized carbons (Fsp3) is 0.0556. The molecule has 0 aliphatic carbocycles. The topological polar surface area (TPSA) is 94.3 Å². The van der Waals surface area contributed by atoms with Crippen molar-refractivity contribution < 1.29 is 9.94 Å². The van der Waals surface area contributed by atoms with Crippen LogP contribution < -0.4 is 0 Å². The monoisotopic (exact) mass is 318 g/mol. The van der Waals surface area contributed by atoms with Gasteiger partial charge in [0.1, 0.15) is 11.6 Å². The number of aliphatic hydroxyl groups excluding tert-OH is 1. The highest BCUT2D eigenvalue weighted by Gasteiger charge is 2.13. The fourth-order valence-corrected chi connectivity index (χ4v) is 2.13. The summed E-state index contributed by atoms with van der Waals surface area (Å²) in [5.41, 5.74) is 2.41. The Bertz CT molecular complexity index is 903. The number of benzene rings is 2. The number of allylic oxidation sites excluding steroid dienone is 1. The minimum Gasteiger partial charge on any atom is -0.507 e. The van der Waals surface area contributed by atoms with Gasteiger partial charge < -0.3 is 14.9 Å². The maximum atomic E-state index is 10.1. The van der Waals surface area contributed by atoms with Gasteiger partial charge in [-0.25, -0.2) is 4.98 Å². The number of para-hydroxylation sites is 2. The molecule has 3 rings (SSSR count). The second-order valence-corrected chi connectivity index (χ2v) is 4.95. The van der Waals surface area contributed by atoms with Gasteiger partial charge in [0.2, 0.25) is 0 Å². The summed E-state index contributed by atoms with van der Waals surface area (Å²) in [5.74, 6) is 0.0635. The molecule has 0 aliphatic rings. The second kappa shape index (κ2) is 7.11. The molecule has 3 aromatic rings. The molecule has 24 heavy (non-hydrogen) atoms. The van der Waals surface area contributed by atoms with Crippen LogP contribution in [0.15, 0.2) is 65.5 Å². The average molecular weight is 318 g/mol. The largest absolute Gasteiger partial charge is 0.507 e. The van der Waals surface area contributed by atoms with Crippen molar-refractivity contribution in [1.29, 1.82) is 5.26 Å². The molecule has 0 amide bonds. The third-order valence-electron chi connectivity index (χ3n) is 3.30. The Balaban J connectivity index is 1.73. The van der Waals surface area contributed by atoms with Crippen LogP contribution in [-0.4, -0.2) is 27.9 Å². The van der Waals surface area contributed by atoms with Crippen molar-refractivity contribution in [3.63, 3.8) is 0 Å². The van der Waals surface area contributed by atoms with Crippen LogP contribution in [0.4, 0.5) is 0 Å². The van der Waals surface area contributed by atoms with E-state index in [4.69, 9.17) is 4.84 Å². The number of imidazole rings is 1. The van der Waals surface area contributed by atoms with Gasteiger partial charge in [-0.05, 0) is 17.7 Å². The highest BCUT2D eigenvalue weighted by Crippen LogP contribution is 2.18. The minimum atomic E-state index is -0.234. The lowest BCUT2D eigenvalue weighted by Gasteiger charge is -2.01. The van der Waals surface area contributed by atoms with Gasteiger partial charge in [-0.15, -0.1) is 0 Å². The molecular formula is C18H14N4O2. The molecule has 0 bridgehead atoms. The number of H-pyrrole nitrogens is 1. The van der Waals surface area contributed by atoms with E-state index in [2.05, 4.69) is 15.1 Å². The van der Waals surface area contributed by atoms with Gasteiger partial charge >= 0.3 is 0 Å². The molecule has 2 aromatic carbocycles. The second-order valence-electron chi connectivity index (χ2n) is 4.95. The zero-order chi connectivity index (χ0) is 16.8. The Morgan fingerprint density at radius 2 is 1.96 bits per heavy atom. The molecule has 0 radical (unpaired) electrons. The number of nitriles is 1. The summed E-state index contributed by atoms with van der Waals surface area (Å²) in [5, 5.41) is 23.1.